The van der Waals surface area contributed by atoms with E-state index in [1.54, 1.807) is 40.3 Å². The van der Waals surface area contributed by atoms with Crippen molar-refractivity contribution in [3.63, 3.8) is 0 Å². The van der Waals surface area contributed by atoms with Crippen LogP contribution < -0.4 is 20.0 Å². The van der Waals surface area contributed by atoms with E-state index in [1.165, 1.54) is 0 Å². The summed E-state index contributed by atoms with van der Waals surface area (Å²) < 4.78 is 44.3. The average molecular weight is 434 g/mol. The first-order chi connectivity index (χ1) is 14.9. The molecule has 1 N–H and O–H groups in total. The molecule has 2 saturated heterocycles. The molecule has 0 spiro atoms. The van der Waals surface area contributed by atoms with Crippen LogP contribution in [0.15, 0.2) is 36.5 Å². The molecular weight excluding hydrogens is 413 g/mol. The standard InChI is InChI=1S/C20H21F3N6O2/c21-20(22,23)15-12-28(9-10-31-15)17-5-4-14-18(26-17)29(13-6-8-27(14)11-13)19(30)25-16-3-1-2-7-24-16/h1-5,7,13,15H,6,8-12H2,(H,24,25,30)/t13-,15?/m1/s1. The average Bonchev–Trinajstić information content (AvgIpc) is 3.18. The smallest absolute Gasteiger partial charge is 0.366 e. The number of aromatic nitrogens is 2. The molecule has 31 heavy (non-hydrogen) atoms. The summed E-state index contributed by atoms with van der Waals surface area (Å²) >= 11 is 0. The number of nitrogens with one attached hydrogen (secondary N) is 1. The Balaban J connectivity index is 1.45. The van der Waals surface area contributed by atoms with Gasteiger partial charge in [0, 0.05) is 25.8 Å². The molecule has 2 bridgehead atoms. The molecule has 2 fully saturated rings. The van der Waals surface area contributed by atoms with Gasteiger partial charge < -0.3 is 14.5 Å². The molecule has 0 radical (unpaired) electrons. The predicted octanol–water partition coefficient (Wildman–Crippen LogP) is 2.87. The zero-order valence-electron chi connectivity index (χ0n) is 16.5. The lowest BCUT2D eigenvalue weighted by Crippen LogP contribution is -2.50. The van der Waals surface area contributed by atoms with Crippen molar-refractivity contribution in [1.29, 1.82) is 0 Å². The number of urea groups is 1. The number of rotatable bonds is 2. The normalized spacial score (nSPS) is 23.0. The number of amides is 2. The number of halogens is 3. The van der Waals surface area contributed by atoms with Gasteiger partial charge in [0.25, 0.3) is 0 Å². The summed E-state index contributed by atoms with van der Waals surface area (Å²) in [6, 6.07) is 8.35. The van der Waals surface area contributed by atoms with Crippen LogP contribution in [0.25, 0.3) is 0 Å². The Morgan fingerprint density at radius 2 is 2.00 bits per heavy atom. The van der Waals surface area contributed by atoms with E-state index >= 15 is 0 Å². The van der Waals surface area contributed by atoms with E-state index in [-0.39, 0.29) is 25.2 Å². The van der Waals surface area contributed by atoms with Gasteiger partial charge in [-0.05, 0) is 30.7 Å². The van der Waals surface area contributed by atoms with Crippen molar-refractivity contribution in [2.45, 2.75) is 24.7 Å². The lowest BCUT2D eigenvalue weighted by Gasteiger charge is -2.38. The van der Waals surface area contributed by atoms with Crippen molar-refractivity contribution in [3.05, 3.63) is 36.5 Å². The number of carbonyl (C=O) groups excluding carboxylic acids is 1. The SMILES string of the molecule is O=C(Nc1ccccn1)N1c2nc(N3CCOC(C(F)(F)F)C3)ccc2N2CC[C@@H]1C2. The van der Waals surface area contributed by atoms with Crippen molar-refractivity contribution in [2.75, 3.05) is 52.8 Å². The minimum absolute atomic E-state index is 0.0401. The van der Waals surface area contributed by atoms with E-state index in [2.05, 4.69) is 20.2 Å². The van der Waals surface area contributed by atoms with Gasteiger partial charge in [-0.1, -0.05) is 6.07 Å². The summed E-state index contributed by atoms with van der Waals surface area (Å²) in [6.45, 7) is 1.41. The minimum Gasteiger partial charge on any atom is -0.366 e. The van der Waals surface area contributed by atoms with Gasteiger partial charge in [-0.25, -0.2) is 14.8 Å². The van der Waals surface area contributed by atoms with E-state index < -0.39 is 12.3 Å². The number of hydrogen-bond acceptors (Lipinski definition) is 6. The summed E-state index contributed by atoms with van der Waals surface area (Å²) in [7, 11) is 0. The number of ether oxygens (including phenoxy) is 1. The van der Waals surface area contributed by atoms with Crippen LogP contribution >= 0.6 is 0 Å². The number of fused-ring (bicyclic) bond motifs is 4. The summed E-state index contributed by atoms with van der Waals surface area (Å²) in [5, 5.41) is 2.80. The Kier molecular flexibility index (Phi) is 4.84. The van der Waals surface area contributed by atoms with Crippen LogP contribution in [0.1, 0.15) is 6.42 Å². The maximum Gasteiger partial charge on any atom is 0.416 e. The second-order valence-electron chi connectivity index (χ2n) is 7.76. The van der Waals surface area contributed by atoms with Gasteiger partial charge in [-0.15, -0.1) is 0 Å². The molecule has 164 valence electrons. The number of morpholine rings is 1. The van der Waals surface area contributed by atoms with Gasteiger partial charge in [0.1, 0.15) is 11.6 Å². The molecule has 8 nitrogen and oxygen atoms in total. The third-order valence-corrected chi connectivity index (χ3v) is 5.81. The van der Waals surface area contributed by atoms with Crippen LogP contribution in [-0.4, -0.2) is 67.1 Å². The van der Waals surface area contributed by atoms with Crippen molar-refractivity contribution < 1.29 is 22.7 Å². The highest BCUT2D eigenvalue weighted by Gasteiger charge is 2.44. The van der Waals surface area contributed by atoms with E-state index in [0.29, 0.717) is 30.5 Å². The molecule has 0 aromatic carbocycles. The van der Waals surface area contributed by atoms with Gasteiger partial charge in [0.05, 0.1) is 24.9 Å². The molecule has 2 amide bonds. The summed E-state index contributed by atoms with van der Waals surface area (Å²) in [6.07, 6.45) is -3.92. The minimum atomic E-state index is -4.44. The molecule has 2 aromatic rings. The Hall–Kier alpha value is -3.08. The lowest BCUT2D eigenvalue weighted by molar-refractivity contribution is -0.221. The Bertz CT molecular complexity index is 973. The summed E-state index contributed by atoms with van der Waals surface area (Å²) in [5.74, 6) is 1.27. The van der Waals surface area contributed by atoms with Crippen LogP contribution in [-0.2, 0) is 4.74 Å². The highest BCUT2D eigenvalue weighted by Crippen LogP contribution is 2.40. The van der Waals surface area contributed by atoms with Gasteiger partial charge in [-0.2, -0.15) is 13.2 Å². The van der Waals surface area contributed by atoms with Gasteiger partial charge in [0.15, 0.2) is 11.9 Å². The molecule has 2 aromatic heterocycles. The number of carbonyl (C=O) groups is 1. The van der Waals surface area contributed by atoms with Crippen molar-refractivity contribution in [1.82, 2.24) is 9.97 Å². The molecule has 11 heteroatoms. The zero-order chi connectivity index (χ0) is 21.6. The number of hydrogen-bond donors (Lipinski definition) is 1. The fraction of sp³-hybridized carbons (Fsp3) is 0.450. The number of anilines is 4. The maximum atomic E-state index is 13.1. The third-order valence-electron chi connectivity index (χ3n) is 5.81. The topological polar surface area (TPSA) is 73.8 Å². The first-order valence-electron chi connectivity index (χ1n) is 10.1. The van der Waals surface area contributed by atoms with Crippen LogP contribution in [0.4, 0.5) is 41.1 Å². The monoisotopic (exact) mass is 434 g/mol. The fourth-order valence-corrected chi connectivity index (χ4v) is 4.30. The fourth-order valence-electron chi connectivity index (χ4n) is 4.30. The quantitative estimate of drug-likeness (QED) is 0.784. The van der Waals surface area contributed by atoms with E-state index in [1.807, 2.05) is 6.07 Å². The molecule has 3 aliphatic heterocycles. The highest BCUT2D eigenvalue weighted by molar-refractivity contribution is 6.04. The Morgan fingerprint density at radius 1 is 1.13 bits per heavy atom. The molecule has 3 aliphatic rings. The van der Waals surface area contributed by atoms with Crippen molar-refractivity contribution in [3.8, 4) is 0 Å². The molecule has 2 atom stereocenters. The second-order valence-corrected chi connectivity index (χ2v) is 7.76. The summed E-state index contributed by atoms with van der Waals surface area (Å²) in [4.78, 5) is 27.2. The van der Waals surface area contributed by atoms with E-state index in [9.17, 15) is 18.0 Å². The van der Waals surface area contributed by atoms with Crippen molar-refractivity contribution in [2.24, 2.45) is 0 Å². The third kappa shape index (κ3) is 3.73. The van der Waals surface area contributed by atoms with E-state index in [4.69, 9.17) is 4.74 Å². The Labute approximate surface area is 176 Å². The van der Waals surface area contributed by atoms with Crippen LogP contribution in [0.3, 0.4) is 0 Å². The first-order valence-corrected chi connectivity index (χ1v) is 10.1. The second kappa shape index (κ2) is 7.56. The number of nitrogens with zero attached hydrogens (tertiary/aromatic N) is 5. The molecule has 0 saturated carbocycles. The van der Waals surface area contributed by atoms with Crippen LogP contribution in [0.2, 0.25) is 0 Å². The Morgan fingerprint density at radius 3 is 2.77 bits per heavy atom. The highest BCUT2D eigenvalue weighted by atomic mass is 19.4. The molecule has 5 rings (SSSR count). The van der Waals surface area contributed by atoms with Gasteiger partial charge in [-0.3, -0.25) is 10.2 Å². The maximum absolute atomic E-state index is 13.1. The first kappa shape index (κ1) is 19.9. The van der Waals surface area contributed by atoms with Crippen LogP contribution in [0, 0.1) is 0 Å². The molecule has 5 heterocycles. The van der Waals surface area contributed by atoms with Gasteiger partial charge in [0.2, 0.25) is 0 Å². The summed E-state index contributed by atoms with van der Waals surface area (Å²) in [5.41, 5.74) is 0.800. The molecule has 1 unspecified atom stereocenters. The van der Waals surface area contributed by atoms with Crippen LogP contribution in [0.5, 0.6) is 0 Å². The predicted molar refractivity (Wildman–Crippen MR) is 109 cm³/mol. The van der Waals surface area contributed by atoms with E-state index in [0.717, 1.165) is 18.7 Å². The van der Waals surface area contributed by atoms with Gasteiger partial charge >= 0.3 is 12.2 Å². The molecule has 0 aliphatic carbocycles. The lowest BCUT2D eigenvalue weighted by atomic mass is 10.2. The number of pyridine rings is 2. The number of alkyl halides is 3. The zero-order valence-corrected chi connectivity index (χ0v) is 16.5. The molecular formula is C20H21F3N6O2. The van der Waals surface area contributed by atoms with Crippen molar-refractivity contribution >= 4 is 29.2 Å². The largest absolute Gasteiger partial charge is 0.416 e.